The van der Waals surface area contributed by atoms with Gasteiger partial charge in [0.15, 0.2) is 5.13 Å². The van der Waals surface area contributed by atoms with Crippen LogP contribution in [0, 0.1) is 23.7 Å². The molecule has 3 aliphatic rings. The second-order valence-corrected chi connectivity index (χ2v) is 11.8. The van der Waals surface area contributed by atoms with E-state index in [0.29, 0.717) is 23.8 Å². The van der Waals surface area contributed by atoms with Crippen molar-refractivity contribution in [2.45, 2.75) is 51.5 Å². The predicted octanol–water partition coefficient (Wildman–Crippen LogP) is 0.477. The van der Waals surface area contributed by atoms with Crippen LogP contribution in [-0.4, -0.2) is 75.0 Å². The average Bonchev–Trinajstić information content (AvgIpc) is 3.31. The zero-order chi connectivity index (χ0) is 25.6. The van der Waals surface area contributed by atoms with Crippen LogP contribution in [0.2, 0.25) is 0 Å². The Kier molecular flexibility index (Phi) is 7.46. The number of carbonyl (C=O) groups is 3. The number of aliphatic hydroxyl groups excluding tert-OH is 2. The summed E-state index contributed by atoms with van der Waals surface area (Å²) in [6.45, 7) is 8.43. The van der Waals surface area contributed by atoms with E-state index in [-0.39, 0.29) is 47.2 Å². The lowest BCUT2D eigenvalue weighted by Crippen LogP contribution is -2.64. The monoisotopic (exact) mass is 523 g/mol. The highest BCUT2D eigenvalue weighted by molar-refractivity contribution is 8.03. The van der Waals surface area contributed by atoms with Crippen LogP contribution < -0.4 is 15.3 Å². The quantitative estimate of drug-likeness (QED) is 0.373. The van der Waals surface area contributed by atoms with Crippen LogP contribution in [0.15, 0.2) is 16.0 Å². The normalized spacial score (nSPS) is 26.7. The van der Waals surface area contributed by atoms with Crippen LogP contribution in [-0.2, 0) is 14.4 Å². The Morgan fingerprint density at radius 3 is 2.63 bits per heavy atom. The molecule has 0 unspecified atom stereocenters. The first-order valence-corrected chi connectivity index (χ1v) is 13.6. The Bertz CT molecular complexity index is 1040. The molecule has 4 heterocycles. The minimum atomic E-state index is -1.37. The number of aliphatic hydroxyl groups is 2. The molecule has 2 amide bonds. The Balaban J connectivity index is 1.36. The van der Waals surface area contributed by atoms with Crippen molar-refractivity contribution in [1.29, 1.82) is 0 Å². The number of nitrogens with zero attached hydrogens (tertiary/aromatic N) is 3. The molecule has 4 rings (SSSR count). The first-order valence-electron chi connectivity index (χ1n) is 11.8. The highest BCUT2D eigenvalue weighted by Crippen LogP contribution is 2.52. The number of thiazole rings is 1. The summed E-state index contributed by atoms with van der Waals surface area (Å²) in [4.78, 5) is 45.3. The third-order valence-corrected chi connectivity index (χ3v) is 9.67. The predicted molar refractivity (Wildman–Crippen MR) is 131 cm³/mol. The number of hydrogen-bond acceptors (Lipinski definition) is 10. The summed E-state index contributed by atoms with van der Waals surface area (Å²) in [5, 5.41) is 36.8. The van der Waals surface area contributed by atoms with Gasteiger partial charge in [0.1, 0.15) is 5.82 Å². The van der Waals surface area contributed by atoms with Crippen molar-refractivity contribution >= 4 is 51.8 Å². The number of carboxylic acid groups (broad SMARTS) is 1. The molecule has 3 aliphatic heterocycles. The molecule has 35 heavy (non-hydrogen) atoms. The van der Waals surface area contributed by atoms with Gasteiger partial charge >= 0.3 is 0 Å². The van der Waals surface area contributed by atoms with E-state index in [4.69, 9.17) is 0 Å². The number of rotatable bonds is 10. The van der Waals surface area contributed by atoms with Crippen molar-refractivity contribution in [2.24, 2.45) is 23.7 Å². The maximum absolute atomic E-state index is 12.5. The van der Waals surface area contributed by atoms with E-state index in [9.17, 15) is 29.7 Å². The molecule has 0 saturated carbocycles. The molecule has 12 heteroatoms. The van der Waals surface area contributed by atoms with Crippen LogP contribution in [0.4, 0.5) is 10.9 Å². The molecule has 2 saturated heterocycles. The standard InChI is InChI=1S/C23H32N4O6S2/c1-5-10(2)14(8-28)20(30)24-15-9-34-23(25-15)26-6-13(7-26)35-19-11(3)17-16(12(4)29)21(31)27(17)18(19)22(32)33/h9-14,16-17,28-29H,5-8H2,1-4H3,(H,24,30)(H,32,33)/p-1/t10-,11+,12+,14+,16+,17+/m0/s1. The van der Waals surface area contributed by atoms with Crippen molar-refractivity contribution in [2.75, 3.05) is 29.9 Å². The Morgan fingerprint density at radius 1 is 1.37 bits per heavy atom. The summed E-state index contributed by atoms with van der Waals surface area (Å²) in [5.41, 5.74) is -0.0631. The van der Waals surface area contributed by atoms with Crippen molar-refractivity contribution < 1.29 is 29.7 Å². The van der Waals surface area contributed by atoms with E-state index in [2.05, 4.69) is 10.3 Å². The molecule has 0 aliphatic carbocycles. The SMILES string of the molecule is CC[C@H](C)[C@@H](CO)C(=O)Nc1csc(N2CC(SC3=C(C(=O)[O-])N4C(=O)[C@H]([C@@H](C)O)[C@H]4[C@H]3C)C2)n1. The van der Waals surface area contributed by atoms with Gasteiger partial charge in [0.2, 0.25) is 11.8 Å². The maximum Gasteiger partial charge on any atom is 0.235 e. The summed E-state index contributed by atoms with van der Waals surface area (Å²) >= 11 is 2.86. The minimum Gasteiger partial charge on any atom is -0.543 e. The molecule has 1 aromatic heterocycles. The van der Waals surface area contributed by atoms with Crippen LogP contribution in [0.1, 0.15) is 34.1 Å². The Hall–Kier alpha value is -2.15. The zero-order valence-electron chi connectivity index (χ0n) is 20.1. The van der Waals surface area contributed by atoms with Crippen LogP contribution >= 0.6 is 23.1 Å². The molecule has 3 N–H and O–H groups in total. The second kappa shape index (κ2) is 10.1. The summed E-state index contributed by atoms with van der Waals surface area (Å²) in [7, 11) is 0. The van der Waals surface area contributed by atoms with E-state index in [1.807, 2.05) is 25.7 Å². The molecular formula is C23H31N4O6S2-. The van der Waals surface area contributed by atoms with Crippen molar-refractivity contribution in [3.8, 4) is 0 Å². The summed E-state index contributed by atoms with van der Waals surface area (Å²) in [5.74, 6) is -2.74. The fraction of sp³-hybridized carbons (Fsp3) is 0.652. The fourth-order valence-corrected chi connectivity index (χ4v) is 7.30. The molecule has 0 bridgehead atoms. The van der Waals surface area contributed by atoms with Gasteiger partial charge in [-0.3, -0.25) is 9.59 Å². The van der Waals surface area contributed by atoms with Crippen LogP contribution in [0.25, 0.3) is 0 Å². The lowest BCUT2D eigenvalue weighted by atomic mass is 9.79. The molecule has 0 radical (unpaired) electrons. The number of aliphatic carboxylic acids is 1. The van der Waals surface area contributed by atoms with E-state index in [0.717, 1.165) is 11.6 Å². The first kappa shape index (κ1) is 25.9. The van der Waals surface area contributed by atoms with Crippen LogP contribution in [0.3, 0.4) is 0 Å². The van der Waals surface area contributed by atoms with Gasteiger partial charge in [-0.1, -0.05) is 27.2 Å². The zero-order valence-corrected chi connectivity index (χ0v) is 21.8. The number of aromatic nitrogens is 1. The topological polar surface area (TPSA) is 146 Å². The Morgan fingerprint density at radius 2 is 2.06 bits per heavy atom. The average molecular weight is 524 g/mol. The fourth-order valence-electron chi connectivity index (χ4n) is 5.01. The summed E-state index contributed by atoms with van der Waals surface area (Å²) in [6, 6.07) is -0.350. The van der Waals surface area contributed by atoms with Gasteiger partial charge in [0.05, 0.1) is 42.3 Å². The van der Waals surface area contributed by atoms with Crippen molar-refractivity contribution in [3.05, 3.63) is 16.0 Å². The lowest BCUT2D eigenvalue weighted by molar-refractivity contribution is -0.301. The largest absolute Gasteiger partial charge is 0.543 e. The van der Waals surface area contributed by atoms with E-state index >= 15 is 0 Å². The molecular weight excluding hydrogens is 492 g/mol. The molecule has 10 nitrogen and oxygen atoms in total. The van der Waals surface area contributed by atoms with Crippen molar-refractivity contribution in [1.82, 2.24) is 9.88 Å². The third-order valence-electron chi connectivity index (χ3n) is 7.32. The number of hydrogen-bond donors (Lipinski definition) is 3. The molecule has 1 aromatic rings. The maximum atomic E-state index is 12.5. The number of amides is 2. The lowest BCUT2D eigenvalue weighted by Gasteiger charge is -2.47. The van der Waals surface area contributed by atoms with Crippen LogP contribution in [0.5, 0.6) is 0 Å². The van der Waals surface area contributed by atoms with E-state index in [1.165, 1.54) is 28.0 Å². The smallest absolute Gasteiger partial charge is 0.235 e. The molecule has 192 valence electrons. The molecule has 0 aromatic carbocycles. The minimum absolute atomic E-state index is 0.0576. The number of nitrogens with one attached hydrogen (secondary N) is 1. The summed E-state index contributed by atoms with van der Waals surface area (Å²) in [6.07, 6.45) is -0.0512. The highest BCUT2D eigenvalue weighted by Gasteiger charge is 2.59. The summed E-state index contributed by atoms with van der Waals surface area (Å²) < 4.78 is 0. The number of β-lactam (4-membered cyclic amide) rings is 1. The van der Waals surface area contributed by atoms with Crippen molar-refractivity contribution in [3.63, 3.8) is 0 Å². The number of anilines is 2. The second-order valence-electron chi connectivity index (χ2n) is 9.58. The van der Waals surface area contributed by atoms with E-state index in [1.54, 1.807) is 12.3 Å². The number of thioether (sulfide) groups is 1. The molecule has 6 atom stereocenters. The molecule has 0 spiro atoms. The highest BCUT2D eigenvalue weighted by atomic mass is 32.2. The third kappa shape index (κ3) is 4.56. The number of carboxylic acids is 1. The Labute approximate surface area is 212 Å². The van der Waals surface area contributed by atoms with Gasteiger partial charge in [-0.2, -0.15) is 0 Å². The van der Waals surface area contributed by atoms with Gasteiger partial charge < -0.3 is 35.2 Å². The van der Waals surface area contributed by atoms with Gasteiger partial charge in [0.25, 0.3) is 0 Å². The number of fused-ring (bicyclic) bond motifs is 1. The van der Waals surface area contributed by atoms with E-state index < -0.39 is 23.9 Å². The van der Waals surface area contributed by atoms with Gasteiger partial charge in [-0.15, -0.1) is 23.1 Å². The van der Waals surface area contributed by atoms with Gasteiger partial charge in [-0.05, 0) is 12.8 Å². The molecule has 2 fully saturated rings. The number of carbonyl (C=O) groups excluding carboxylic acids is 3. The van der Waals surface area contributed by atoms with Gasteiger partial charge in [-0.25, -0.2) is 4.98 Å². The van der Waals surface area contributed by atoms with Gasteiger partial charge in [0, 0.05) is 34.5 Å². The first-order chi connectivity index (χ1) is 16.6.